The molecule has 0 aromatic heterocycles. The first-order chi connectivity index (χ1) is 12.7. The van der Waals surface area contributed by atoms with Crippen molar-refractivity contribution in [3.8, 4) is 5.75 Å². The number of nitrogens with zero attached hydrogens (tertiary/aromatic N) is 2. The maximum atomic E-state index is 11.6. The topological polar surface area (TPSA) is 86.7 Å². The van der Waals surface area contributed by atoms with Crippen LogP contribution in [-0.4, -0.2) is 19.2 Å². The molecule has 6 heteroatoms. The third-order valence-electron chi connectivity index (χ3n) is 4.14. The highest BCUT2D eigenvalue weighted by atomic mass is 16.5. The van der Waals surface area contributed by atoms with Crippen LogP contribution in [0.25, 0.3) is 4.98 Å². The van der Waals surface area contributed by atoms with E-state index < -0.39 is 0 Å². The molecule has 0 saturated carbocycles. The highest BCUT2D eigenvalue weighted by Crippen LogP contribution is 2.22. The first-order valence-corrected chi connectivity index (χ1v) is 9.55. The average molecular weight is 362 g/mol. The number of diazo groups is 1. The standard InChI is InChI=1S/C20H30N2O4/c1-2-26-20(24)11-9-7-5-3-4-6-8-10-14-25-16-17-15-18(22-21)12-13-19(17)23/h12-13,15H,2-11,14,16H2,1H3. The second-order valence-electron chi connectivity index (χ2n) is 6.33. The van der Waals surface area contributed by atoms with Gasteiger partial charge in [0, 0.05) is 25.2 Å². The number of hydrogen-bond acceptors (Lipinski definition) is 5. The van der Waals surface area contributed by atoms with Crippen LogP contribution >= 0.6 is 0 Å². The summed E-state index contributed by atoms with van der Waals surface area (Å²) >= 11 is 0. The first kappa shape index (κ1) is 21.9. The van der Waals surface area contributed by atoms with Crippen LogP contribution in [-0.2, 0) is 20.9 Å². The number of esters is 1. The van der Waals surface area contributed by atoms with Gasteiger partial charge in [-0.15, -0.1) is 5.75 Å². The molecule has 0 N–H and O–H groups in total. The molecule has 0 amide bonds. The summed E-state index contributed by atoms with van der Waals surface area (Å²) in [6.45, 7) is 3.17. The van der Waals surface area contributed by atoms with Gasteiger partial charge >= 0.3 is 11.7 Å². The second-order valence-corrected chi connectivity index (χ2v) is 6.33. The summed E-state index contributed by atoms with van der Waals surface area (Å²) in [5.41, 5.74) is 0.883. The van der Waals surface area contributed by atoms with Crippen molar-refractivity contribution in [2.45, 2.75) is 71.3 Å². The normalized spacial score (nSPS) is 10.5. The molecule has 0 unspecified atom stereocenters. The van der Waals surface area contributed by atoms with Gasteiger partial charge in [0.2, 0.25) is 5.39 Å². The van der Waals surface area contributed by atoms with Gasteiger partial charge in [0.05, 0.1) is 13.2 Å². The molecule has 1 aromatic carbocycles. The van der Waals surface area contributed by atoms with Crippen molar-refractivity contribution in [1.29, 1.82) is 5.39 Å². The lowest BCUT2D eigenvalue weighted by atomic mass is 10.1. The van der Waals surface area contributed by atoms with Crippen LogP contribution in [0.4, 0.5) is 5.69 Å². The van der Waals surface area contributed by atoms with E-state index in [-0.39, 0.29) is 18.3 Å². The van der Waals surface area contributed by atoms with Crippen molar-refractivity contribution >= 4 is 11.7 Å². The van der Waals surface area contributed by atoms with Gasteiger partial charge in [0.1, 0.15) is 0 Å². The second kappa shape index (κ2) is 14.1. The maximum absolute atomic E-state index is 11.6. The highest BCUT2D eigenvalue weighted by Gasteiger charge is 2.06. The first-order valence-electron chi connectivity index (χ1n) is 9.55. The summed E-state index contributed by atoms with van der Waals surface area (Å²) < 4.78 is 10.4. The van der Waals surface area contributed by atoms with Gasteiger partial charge in [-0.2, -0.15) is 0 Å². The number of benzene rings is 1. The Hall–Kier alpha value is -2.13. The zero-order valence-electron chi connectivity index (χ0n) is 15.7. The fourth-order valence-corrected chi connectivity index (χ4v) is 2.69. The fourth-order valence-electron chi connectivity index (χ4n) is 2.69. The van der Waals surface area contributed by atoms with Crippen molar-refractivity contribution in [1.82, 2.24) is 0 Å². The average Bonchev–Trinajstić information content (AvgIpc) is 2.64. The molecule has 6 nitrogen and oxygen atoms in total. The van der Waals surface area contributed by atoms with Crippen LogP contribution < -0.4 is 5.11 Å². The zero-order chi connectivity index (χ0) is 19.0. The Kier molecular flexibility index (Phi) is 11.9. The van der Waals surface area contributed by atoms with Crippen LogP contribution in [0.15, 0.2) is 18.2 Å². The smallest absolute Gasteiger partial charge is 0.385 e. The molecule has 1 aromatic rings. The number of unbranched alkanes of at least 4 members (excludes halogenated alkanes) is 7. The highest BCUT2D eigenvalue weighted by molar-refractivity contribution is 5.69. The molecule has 0 fully saturated rings. The molecule has 0 heterocycles. The van der Waals surface area contributed by atoms with Gasteiger partial charge < -0.3 is 14.6 Å². The van der Waals surface area contributed by atoms with Gasteiger partial charge in [0.15, 0.2) is 4.98 Å². The van der Waals surface area contributed by atoms with Crippen LogP contribution in [0.1, 0.15) is 70.3 Å². The Morgan fingerprint density at radius 3 is 2.38 bits per heavy atom. The molecule has 0 aliphatic rings. The van der Waals surface area contributed by atoms with E-state index in [9.17, 15) is 9.90 Å². The minimum atomic E-state index is -0.0969. The lowest BCUT2D eigenvalue weighted by Gasteiger charge is -2.12. The summed E-state index contributed by atoms with van der Waals surface area (Å²) in [7, 11) is 0. The minimum absolute atomic E-state index is 0.0888. The van der Waals surface area contributed by atoms with E-state index in [1.165, 1.54) is 31.4 Å². The molecule has 0 aliphatic heterocycles. The molecule has 0 aliphatic carbocycles. The summed E-state index contributed by atoms with van der Waals surface area (Å²) in [5, 5.41) is 20.4. The molecule has 0 bridgehead atoms. The Bertz CT molecular complexity index is 569. The number of rotatable bonds is 14. The largest absolute Gasteiger partial charge is 0.872 e. The van der Waals surface area contributed by atoms with Crippen molar-refractivity contribution < 1.29 is 19.4 Å². The van der Waals surface area contributed by atoms with Gasteiger partial charge in [0.25, 0.3) is 0 Å². The summed E-state index contributed by atoms with van der Waals surface area (Å²) in [6.07, 6.45) is 9.34. The SMILES string of the molecule is CCOC(=O)CCCCCCCCCCOCc1cc([N+]#N)ccc1[O-]. The Morgan fingerprint density at radius 2 is 1.73 bits per heavy atom. The predicted molar refractivity (Wildman–Crippen MR) is 98.5 cm³/mol. The minimum Gasteiger partial charge on any atom is -0.872 e. The maximum Gasteiger partial charge on any atom is 0.385 e. The zero-order valence-corrected chi connectivity index (χ0v) is 15.7. The van der Waals surface area contributed by atoms with Gasteiger partial charge in [-0.25, -0.2) is 0 Å². The predicted octanol–water partition coefficient (Wildman–Crippen LogP) is 4.84. The molecule has 1 rings (SSSR count). The summed E-state index contributed by atoms with van der Waals surface area (Å²) in [4.78, 5) is 14.3. The third kappa shape index (κ3) is 10.00. The van der Waals surface area contributed by atoms with Crippen LogP contribution in [0, 0.1) is 5.39 Å². The van der Waals surface area contributed by atoms with Crippen molar-refractivity contribution in [3.63, 3.8) is 0 Å². The number of ether oxygens (including phenoxy) is 2. The van der Waals surface area contributed by atoms with E-state index >= 15 is 0 Å². The summed E-state index contributed by atoms with van der Waals surface area (Å²) in [5.74, 6) is -0.186. The van der Waals surface area contributed by atoms with Crippen molar-refractivity contribution in [2.24, 2.45) is 0 Å². The third-order valence-corrected chi connectivity index (χ3v) is 4.14. The Morgan fingerprint density at radius 1 is 1.08 bits per heavy atom. The van der Waals surface area contributed by atoms with Crippen LogP contribution in [0.5, 0.6) is 5.75 Å². The van der Waals surface area contributed by atoms with Crippen molar-refractivity contribution in [2.75, 3.05) is 13.2 Å². The van der Waals surface area contributed by atoms with E-state index in [1.807, 2.05) is 6.92 Å². The lowest BCUT2D eigenvalue weighted by Crippen LogP contribution is -2.03. The monoisotopic (exact) mass is 362 g/mol. The molecule has 26 heavy (non-hydrogen) atoms. The van der Waals surface area contributed by atoms with Gasteiger partial charge in [-0.3, -0.25) is 4.79 Å². The molecule has 144 valence electrons. The van der Waals surface area contributed by atoms with E-state index in [4.69, 9.17) is 14.9 Å². The fraction of sp³-hybridized carbons (Fsp3) is 0.650. The van der Waals surface area contributed by atoms with Gasteiger partial charge in [-0.1, -0.05) is 44.6 Å². The molecular formula is C20H30N2O4. The molecule has 0 radical (unpaired) electrons. The molecule has 0 saturated heterocycles. The van der Waals surface area contributed by atoms with E-state index in [0.29, 0.717) is 30.9 Å². The quantitative estimate of drug-likeness (QED) is 0.268. The molecule has 0 atom stereocenters. The van der Waals surface area contributed by atoms with E-state index in [0.717, 1.165) is 32.1 Å². The Balaban J connectivity index is 1.92. The lowest BCUT2D eigenvalue weighted by molar-refractivity contribution is -0.270. The van der Waals surface area contributed by atoms with E-state index in [2.05, 4.69) is 4.98 Å². The van der Waals surface area contributed by atoms with Crippen molar-refractivity contribution in [3.05, 3.63) is 28.7 Å². The Labute approximate surface area is 156 Å². The molecule has 0 spiro atoms. The number of carbonyl (C=O) groups is 1. The number of carbonyl (C=O) groups excluding carboxylic acids is 1. The van der Waals surface area contributed by atoms with Crippen LogP contribution in [0.3, 0.4) is 0 Å². The molecular weight excluding hydrogens is 332 g/mol. The van der Waals surface area contributed by atoms with Crippen LogP contribution in [0.2, 0.25) is 0 Å². The van der Waals surface area contributed by atoms with E-state index in [1.54, 1.807) is 6.07 Å². The summed E-state index contributed by atoms with van der Waals surface area (Å²) in [6, 6.07) is 4.41. The van der Waals surface area contributed by atoms with Gasteiger partial charge in [-0.05, 0) is 25.3 Å². The number of hydrogen-bond donors (Lipinski definition) is 0.